The standard InChI is InChI=1S/C22H32F2Si/c1-2-3-7-14-25-15-10-18(11-16-25)22(12-5-4-6-13-22)19-8-9-20(23)21(24)17-19/h2,8-9,17-18,25H,1,3-7,10-16H2. The third kappa shape index (κ3) is 4.24. The molecule has 3 heteroatoms. The molecule has 1 aromatic rings. The molecule has 1 saturated carbocycles. The maximum absolute atomic E-state index is 13.9. The quantitative estimate of drug-likeness (QED) is 0.297. The van der Waals surface area contributed by atoms with E-state index in [2.05, 4.69) is 6.58 Å². The maximum atomic E-state index is 13.9. The van der Waals surface area contributed by atoms with Crippen molar-refractivity contribution in [1.29, 1.82) is 0 Å². The van der Waals surface area contributed by atoms with Crippen LogP contribution in [-0.2, 0) is 5.41 Å². The summed E-state index contributed by atoms with van der Waals surface area (Å²) >= 11 is 0. The van der Waals surface area contributed by atoms with Crippen LogP contribution in [0.2, 0.25) is 18.1 Å². The minimum absolute atomic E-state index is 0.104. The van der Waals surface area contributed by atoms with Crippen molar-refractivity contribution in [2.45, 2.75) is 81.3 Å². The van der Waals surface area contributed by atoms with Crippen LogP contribution in [0.15, 0.2) is 30.9 Å². The molecule has 0 unspecified atom stereocenters. The van der Waals surface area contributed by atoms with Gasteiger partial charge in [-0.3, -0.25) is 0 Å². The van der Waals surface area contributed by atoms with Gasteiger partial charge in [0.15, 0.2) is 11.6 Å². The lowest BCUT2D eigenvalue weighted by Gasteiger charge is -2.47. The van der Waals surface area contributed by atoms with Gasteiger partial charge >= 0.3 is 0 Å². The zero-order chi connectivity index (χ0) is 17.7. The van der Waals surface area contributed by atoms with Gasteiger partial charge in [0.25, 0.3) is 0 Å². The summed E-state index contributed by atoms with van der Waals surface area (Å²) in [5.41, 5.74) is 1.18. The van der Waals surface area contributed by atoms with Gasteiger partial charge in [0.1, 0.15) is 0 Å². The Kier molecular flexibility index (Phi) is 6.48. The molecule has 138 valence electrons. The molecule has 0 atom stereocenters. The molecule has 0 amide bonds. The highest BCUT2D eigenvalue weighted by Crippen LogP contribution is 2.50. The van der Waals surface area contributed by atoms with Crippen LogP contribution in [0.25, 0.3) is 0 Å². The maximum Gasteiger partial charge on any atom is 0.159 e. The fraction of sp³-hybridized carbons (Fsp3) is 0.636. The molecule has 25 heavy (non-hydrogen) atoms. The Balaban J connectivity index is 1.73. The number of rotatable bonds is 6. The molecule has 0 radical (unpaired) electrons. The summed E-state index contributed by atoms with van der Waals surface area (Å²) < 4.78 is 27.4. The monoisotopic (exact) mass is 362 g/mol. The van der Waals surface area contributed by atoms with E-state index in [1.165, 1.54) is 68.8 Å². The van der Waals surface area contributed by atoms with Crippen LogP contribution in [0.5, 0.6) is 0 Å². The first-order chi connectivity index (χ1) is 12.2. The zero-order valence-corrected chi connectivity index (χ0v) is 16.6. The van der Waals surface area contributed by atoms with Crippen LogP contribution in [0.3, 0.4) is 0 Å². The van der Waals surface area contributed by atoms with Gasteiger partial charge in [-0.1, -0.05) is 68.8 Å². The van der Waals surface area contributed by atoms with Crippen molar-refractivity contribution >= 4 is 8.80 Å². The van der Waals surface area contributed by atoms with Crippen LogP contribution in [0.4, 0.5) is 8.78 Å². The zero-order valence-electron chi connectivity index (χ0n) is 15.4. The van der Waals surface area contributed by atoms with E-state index in [4.69, 9.17) is 0 Å². The third-order valence-electron chi connectivity index (χ3n) is 6.89. The predicted octanol–water partition coefficient (Wildman–Crippen LogP) is 6.77. The van der Waals surface area contributed by atoms with E-state index in [0.717, 1.165) is 24.8 Å². The molecule has 2 aliphatic rings. The highest BCUT2D eigenvalue weighted by Gasteiger charge is 2.42. The molecule has 1 aliphatic heterocycles. The summed E-state index contributed by atoms with van der Waals surface area (Å²) in [7, 11) is -0.575. The minimum atomic E-state index is -0.715. The molecule has 2 fully saturated rings. The van der Waals surface area contributed by atoms with Crippen molar-refractivity contribution < 1.29 is 8.78 Å². The molecule has 1 heterocycles. The lowest BCUT2D eigenvalue weighted by atomic mass is 9.60. The number of halogens is 2. The van der Waals surface area contributed by atoms with Crippen molar-refractivity contribution in [2.75, 3.05) is 0 Å². The Morgan fingerprint density at radius 2 is 1.80 bits per heavy atom. The van der Waals surface area contributed by atoms with Crippen LogP contribution < -0.4 is 0 Å². The highest BCUT2D eigenvalue weighted by molar-refractivity contribution is 6.59. The largest absolute Gasteiger partial charge is 0.204 e. The minimum Gasteiger partial charge on any atom is -0.204 e. The van der Waals surface area contributed by atoms with E-state index >= 15 is 0 Å². The van der Waals surface area contributed by atoms with E-state index in [1.807, 2.05) is 12.1 Å². The van der Waals surface area contributed by atoms with Gasteiger partial charge in [-0.15, -0.1) is 6.58 Å². The summed E-state index contributed by atoms with van der Waals surface area (Å²) in [4.78, 5) is 0. The molecule has 0 N–H and O–H groups in total. The molecule has 0 nitrogen and oxygen atoms in total. The molecule has 0 aromatic heterocycles. The number of hydrogen-bond acceptors (Lipinski definition) is 0. The molecular weight excluding hydrogens is 330 g/mol. The molecular formula is C22H32F2Si. The second-order valence-corrected chi connectivity index (χ2v) is 11.7. The van der Waals surface area contributed by atoms with Crippen molar-refractivity contribution in [2.24, 2.45) is 5.92 Å². The lowest BCUT2D eigenvalue weighted by Crippen LogP contribution is -2.40. The van der Waals surface area contributed by atoms with Crippen LogP contribution in [0, 0.1) is 17.6 Å². The Bertz CT molecular complexity index is 569. The SMILES string of the molecule is C=CCCC[SiH]1CCC(C2(c3ccc(F)c(F)c3)CCCCC2)CC1. The normalized spacial score (nSPS) is 26.3. The molecule has 1 aliphatic carbocycles. The smallest absolute Gasteiger partial charge is 0.159 e. The van der Waals surface area contributed by atoms with E-state index in [0.29, 0.717) is 5.92 Å². The van der Waals surface area contributed by atoms with Gasteiger partial charge in [0.05, 0.1) is 0 Å². The summed E-state index contributed by atoms with van der Waals surface area (Å²) in [6.07, 6.45) is 13.2. The van der Waals surface area contributed by atoms with E-state index in [1.54, 1.807) is 0 Å². The fourth-order valence-corrected chi connectivity index (χ4v) is 8.90. The van der Waals surface area contributed by atoms with Crippen molar-refractivity contribution in [3.63, 3.8) is 0 Å². The Hall–Kier alpha value is -0.963. The second-order valence-electron chi connectivity index (χ2n) is 8.28. The average Bonchev–Trinajstić information content (AvgIpc) is 2.65. The number of allylic oxidation sites excluding steroid dienone is 1. The molecule has 1 aromatic carbocycles. The van der Waals surface area contributed by atoms with Gasteiger partial charge in [-0.2, -0.15) is 0 Å². The van der Waals surface area contributed by atoms with Gasteiger partial charge < -0.3 is 0 Å². The first kappa shape index (κ1) is 18.8. The van der Waals surface area contributed by atoms with Crippen molar-refractivity contribution in [3.05, 3.63) is 48.1 Å². The van der Waals surface area contributed by atoms with Gasteiger partial charge in [0, 0.05) is 8.80 Å². The second kappa shape index (κ2) is 8.61. The van der Waals surface area contributed by atoms with E-state index in [-0.39, 0.29) is 5.41 Å². The highest BCUT2D eigenvalue weighted by atomic mass is 28.3. The van der Waals surface area contributed by atoms with E-state index in [9.17, 15) is 8.78 Å². The van der Waals surface area contributed by atoms with Crippen LogP contribution >= 0.6 is 0 Å². The van der Waals surface area contributed by atoms with Crippen LogP contribution in [0.1, 0.15) is 63.4 Å². The van der Waals surface area contributed by atoms with E-state index < -0.39 is 20.4 Å². The number of hydrogen-bond donors (Lipinski definition) is 0. The summed E-state index contributed by atoms with van der Waals surface area (Å²) in [6.45, 7) is 3.83. The Labute approximate surface area is 153 Å². The summed E-state index contributed by atoms with van der Waals surface area (Å²) in [5, 5.41) is 0. The topological polar surface area (TPSA) is 0 Å². The predicted molar refractivity (Wildman–Crippen MR) is 105 cm³/mol. The van der Waals surface area contributed by atoms with Crippen LogP contribution in [-0.4, -0.2) is 8.80 Å². The summed E-state index contributed by atoms with van der Waals surface area (Å²) in [6, 6.07) is 9.06. The number of benzene rings is 1. The molecule has 3 rings (SSSR count). The lowest BCUT2D eigenvalue weighted by molar-refractivity contribution is 0.174. The first-order valence-electron chi connectivity index (χ1n) is 10.2. The van der Waals surface area contributed by atoms with Crippen molar-refractivity contribution in [3.8, 4) is 0 Å². The Morgan fingerprint density at radius 3 is 2.44 bits per heavy atom. The van der Waals surface area contributed by atoms with Gasteiger partial charge in [-0.25, -0.2) is 8.78 Å². The molecule has 1 saturated heterocycles. The molecule has 0 bridgehead atoms. The van der Waals surface area contributed by atoms with Crippen molar-refractivity contribution in [1.82, 2.24) is 0 Å². The van der Waals surface area contributed by atoms with Gasteiger partial charge in [-0.05, 0) is 48.3 Å². The third-order valence-corrected chi connectivity index (χ3v) is 10.4. The average molecular weight is 363 g/mol. The van der Waals surface area contributed by atoms with Gasteiger partial charge in [0.2, 0.25) is 0 Å². The number of unbranched alkanes of at least 4 members (excludes halogenated alkanes) is 1. The Morgan fingerprint density at radius 1 is 1.08 bits per heavy atom. The summed E-state index contributed by atoms with van der Waals surface area (Å²) in [5.74, 6) is -0.719. The fourth-order valence-electron chi connectivity index (χ4n) is 5.48. The first-order valence-corrected chi connectivity index (χ1v) is 12.7. The molecule has 0 spiro atoms.